The molecule has 0 bridgehead atoms. The van der Waals surface area contributed by atoms with Gasteiger partial charge in [0.2, 0.25) is 12.2 Å². The fraction of sp³-hybridized carbons (Fsp3) is 0.556. The van der Waals surface area contributed by atoms with Crippen molar-refractivity contribution in [3.8, 4) is 0 Å². The van der Waals surface area contributed by atoms with Crippen LogP contribution in [-0.4, -0.2) is 48.3 Å². The zero-order valence-corrected chi connectivity index (χ0v) is 9.46. The van der Waals surface area contributed by atoms with Gasteiger partial charge in [-0.1, -0.05) is 0 Å². The molecule has 0 unspecified atom stereocenters. The Morgan fingerprint density at radius 2 is 1.35 bits per heavy atom. The van der Waals surface area contributed by atoms with Crippen LogP contribution in [0.25, 0.3) is 0 Å². The topological polar surface area (TPSA) is 116 Å². The summed E-state index contributed by atoms with van der Waals surface area (Å²) in [4.78, 5) is 43.4. The summed E-state index contributed by atoms with van der Waals surface area (Å²) in [7, 11) is 0.978. The van der Waals surface area contributed by atoms with Crippen molar-refractivity contribution in [2.45, 2.75) is 26.1 Å². The van der Waals surface area contributed by atoms with Gasteiger partial charge in [-0.3, -0.25) is 9.59 Å². The number of carboxylic acid groups (broad SMARTS) is 1. The Morgan fingerprint density at radius 1 is 0.941 bits per heavy atom. The zero-order valence-electron chi connectivity index (χ0n) is 9.46. The van der Waals surface area contributed by atoms with Crippen LogP contribution in [0.3, 0.4) is 0 Å². The Hall–Kier alpha value is -2.12. The second-order valence-electron chi connectivity index (χ2n) is 2.92. The summed E-state index contributed by atoms with van der Waals surface area (Å²) in [5.74, 6) is -4.59. The third-order valence-electron chi connectivity index (χ3n) is 1.54. The number of carbonyl (C=O) groups excluding carboxylic acids is 3. The highest BCUT2D eigenvalue weighted by Crippen LogP contribution is 2.08. The van der Waals surface area contributed by atoms with E-state index in [9.17, 15) is 19.2 Å². The van der Waals surface area contributed by atoms with Crippen molar-refractivity contribution >= 4 is 23.9 Å². The average Bonchev–Trinajstić information content (AvgIpc) is 2.21. The van der Waals surface area contributed by atoms with Gasteiger partial charge in [-0.25, -0.2) is 9.59 Å². The van der Waals surface area contributed by atoms with Crippen LogP contribution in [0.15, 0.2) is 0 Å². The molecule has 0 rings (SSSR count). The van der Waals surface area contributed by atoms with E-state index in [4.69, 9.17) is 5.11 Å². The zero-order chi connectivity index (χ0) is 13.6. The van der Waals surface area contributed by atoms with Crippen LogP contribution >= 0.6 is 0 Å². The molecule has 0 spiro atoms. The molecule has 0 aliphatic carbocycles. The first-order chi connectivity index (χ1) is 7.79. The number of esters is 3. The van der Waals surface area contributed by atoms with E-state index in [1.54, 1.807) is 0 Å². The summed E-state index contributed by atoms with van der Waals surface area (Å²) in [6, 6.07) is 0. The summed E-state index contributed by atoms with van der Waals surface area (Å²) in [6.45, 7) is 1.93. The first-order valence-electron chi connectivity index (χ1n) is 4.44. The van der Waals surface area contributed by atoms with E-state index in [1.807, 2.05) is 0 Å². The lowest BCUT2D eigenvalue weighted by Gasteiger charge is -2.20. The van der Waals surface area contributed by atoms with Crippen LogP contribution in [0.5, 0.6) is 0 Å². The molecular weight excluding hydrogens is 236 g/mol. The molecule has 0 aromatic rings. The maximum Gasteiger partial charge on any atom is 0.351 e. The second kappa shape index (κ2) is 6.46. The van der Waals surface area contributed by atoms with Crippen LogP contribution in [0.2, 0.25) is 0 Å². The highest BCUT2D eigenvalue weighted by Gasteiger charge is 2.40. The molecule has 0 fully saturated rings. The SMILES string of the molecule is COC(=O)[C@@H](OC(C)=O)[C@@H](OC(C)=O)C(=O)O. The molecule has 96 valence electrons. The van der Waals surface area contributed by atoms with Gasteiger partial charge in [0.15, 0.2) is 0 Å². The smallest absolute Gasteiger partial charge is 0.351 e. The summed E-state index contributed by atoms with van der Waals surface area (Å²) in [6.07, 6.45) is -3.78. The predicted molar refractivity (Wildman–Crippen MR) is 50.8 cm³/mol. The lowest BCUT2D eigenvalue weighted by Crippen LogP contribution is -2.45. The molecule has 0 aliphatic rings. The van der Waals surface area contributed by atoms with Crippen molar-refractivity contribution < 1.29 is 38.5 Å². The highest BCUT2D eigenvalue weighted by atomic mass is 16.6. The molecule has 0 aliphatic heterocycles. The van der Waals surface area contributed by atoms with Crippen molar-refractivity contribution in [1.29, 1.82) is 0 Å². The second-order valence-corrected chi connectivity index (χ2v) is 2.92. The standard InChI is InChI=1S/C9H12O8/c1-4(10)16-6(8(12)13)7(9(14)15-3)17-5(2)11/h6-7H,1-3H3,(H,12,13)/t6-,7+/m1/s1. The van der Waals surface area contributed by atoms with E-state index in [0.717, 1.165) is 21.0 Å². The van der Waals surface area contributed by atoms with Crippen molar-refractivity contribution in [1.82, 2.24) is 0 Å². The fourth-order valence-corrected chi connectivity index (χ4v) is 0.949. The maximum absolute atomic E-state index is 11.2. The molecule has 0 saturated carbocycles. The van der Waals surface area contributed by atoms with Crippen LogP contribution in [0, 0.1) is 0 Å². The number of rotatable bonds is 5. The number of carboxylic acids is 1. The Labute approximate surface area is 96.4 Å². The minimum Gasteiger partial charge on any atom is -0.478 e. The molecule has 0 aromatic carbocycles. The molecule has 0 radical (unpaired) electrons. The monoisotopic (exact) mass is 248 g/mol. The number of hydrogen-bond acceptors (Lipinski definition) is 7. The van der Waals surface area contributed by atoms with Crippen LogP contribution in [0.1, 0.15) is 13.8 Å². The van der Waals surface area contributed by atoms with E-state index < -0.39 is 36.1 Å². The van der Waals surface area contributed by atoms with Crippen LogP contribution in [-0.2, 0) is 33.4 Å². The van der Waals surface area contributed by atoms with E-state index in [-0.39, 0.29) is 0 Å². The van der Waals surface area contributed by atoms with Crippen molar-refractivity contribution in [3.05, 3.63) is 0 Å². The van der Waals surface area contributed by atoms with Crippen molar-refractivity contribution in [2.75, 3.05) is 7.11 Å². The first kappa shape index (κ1) is 14.9. The highest BCUT2D eigenvalue weighted by molar-refractivity contribution is 5.88. The van der Waals surface area contributed by atoms with Gasteiger partial charge >= 0.3 is 23.9 Å². The first-order valence-corrected chi connectivity index (χ1v) is 4.44. The molecule has 1 N–H and O–H groups in total. The Bertz CT molecular complexity index is 334. The Kier molecular flexibility index (Phi) is 5.65. The summed E-state index contributed by atoms with van der Waals surface area (Å²) in [5.41, 5.74) is 0. The van der Waals surface area contributed by atoms with Gasteiger partial charge in [0.1, 0.15) is 0 Å². The fourth-order valence-electron chi connectivity index (χ4n) is 0.949. The predicted octanol–water partition coefficient (Wildman–Crippen LogP) is -0.893. The number of hydrogen-bond donors (Lipinski definition) is 1. The third kappa shape index (κ3) is 4.96. The summed E-state index contributed by atoms with van der Waals surface area (Å²) >= 11 is 0. The maximum atomic E-state index is 11.2. The Balaban J connectivity index is 5.05. The van der Waals surface area contributed by atoms with Crippen molar-refractivity contribution in [3.63, 3.8) is 0 Å². The van der Waals surface area contributed by atoms with Gasteiger partial charge in [-0.05, 0) is 0 Å². The minimum absolute atomic E-state index is 0.904. The van der Waals surface area contributed by atoms with Gasteiger partial charge in [-0.2, -0.15) is 0 Å². The lowest BCUT2D eigenvalue weighted by molar-refractivity contribution is -0.187. The minimum atomic E-state index is -1.94. The van der Waals surface area contributed by atoms with Crippen LogP contribution < -0.4 is 0 Å². The normalized spacial score (nSPS) is 13.1. The molecule has 0 aromatic heterocycles. The molecule has 17 heavy (non-hydrogen) atoms. The molecule has 0 saturated heterocycles. The van der Waals surface area contributed by atoms with E-state index in [0.29, 0.717) is 0 Å². The van der Waals surface area contributed by atoms with Crippen LogP contribution in [0.4, 0.5) is 0 Å². The molecular formula is C9H12O8. The number of methoxy groups -OCH3 is 1. The van der Waals surface area contributed by atoms with E-state index in [2.05, 4.69) is 14.2 Å². The molecule has 0 amide bonds. The van der Waals surface area contributed by atoms with E-state index in [1.165, 1.54) is 0 Å². The number of ether oxygens (including phenoxy) is 3. The van der Waals surface area contributed by atoms with Gasteiger partial charge in [0.05, 0.1) is 7.11 Å². The van der Waals surface area contributed by atoms with E-state index >= 15 is 0 Å². The number of carbonyl (C=O) groups is 4. The van der Waals surface area contributed by atoms with Gasteiger partial charge in [0, 0.05) is 13.8 Å². The third-order valence-corrected chi connectivity index (χ3v) is 1.54. The quantitative estimate of drug-likeness (QED) is 0.491. The average molecular weight is 248 g/mol. The summed E-state index contributed by atoms with van der Waals surface area (Å²) < 4.78 is 13.1. The largest absolute Gasteiger partial charge is 0.478 e. The van der Waals surface area contributed by atoms with Gasteiger partial charge in [0.25, 0.3) is 0 Å². The summed E-state index contributed by atoms with van der Waals surface area (Å²) in [5, 5.41) is 8.77. The molecule has 2 atom stereocenters. The molecule has 8 nitrogen and oxygen atoms in total. The van der Waals surface area contributed by atoms with Gasteiger partial charge < -0.3 is 19.3 Å². The Morgan fingerprint density at radius 3 is 1.65 bits per heavy atom. The van der Waals surface area contributed by atoms with Crippen molar-refractivity contribution in [2.24, 2.45) is 0 Å². The molecule has 0 heterocycles. The molecule has 8 heteroatoms. The lowest BCUT2D eigenvalue weighted by atomic mass is 10.2. The number of aliphatic carboxylic acids is 1. The van der Waals surface area contributed by atoms with Gasteiger partial charge in [-0.15, -0.1) is 0 Å².